The number of hydrogen-bond acceptors (Lipinski definition) is 3. The molecule has 2 aromatic rings. The second kappa shape index (κ2) is 5.88. The Balaban J connectivity index is 2.24. The van der Waals surface area contributed by atoms with Crippen LogP contribution in [0.5, 0.6) is 0 Å². The molecule has 0 saturated carbocycles. The van der Waals surface area contributed by atoms with Crippen molar-refractivity contribution in [1.29, 1.82) is 0 Å². The summed E-state index contributed by atoms with van der Waals surface area (Å²) < 4.78 is 0. The van der Waals surface area contributed by atoms with Crippen molar-refractivity contribution >= 4 is 17.6 Å². The Labute approximate surface area is 116 Å². The highest BCUT2D eigenvalue weighted by Gasteiger charge is 2.23. The molecule has 4 N–H and O–H groups in total. The van der Waals surface area contributed by atoms with Gasteiger partial charge < -0.3 is 16.2 Å². The van der Waals surface area contributed by atoms with E-state index in [1.54, 1.807) is 54.6 Å². The number of amides is 1. The molecule has 0 aliphatic heterocycles. The summed E-state index contributed by atoms with van der Waals surface area (Å²) in [4.78, 5) is 23.4. The van der Waals surface area contributed by atoms with E-state index >= 15 is 0 Å². The van der Waals surface area contributed by atoms with Crippen LogP contribution < -0.4 is 11.1 Å². The Morgan fingerprint density at radius 3 is 2.20 bits per heavy atom. The van der Waals surface area contributed by atoms with Crippen LogP contribution in [0.1, 0.15) is 22.0 Å². The highest BCUT2D eigenvalue weighted by molar-refractivity contribution is 6.00. The fraction of sp³-hybridized carbons (Fsp3) is 0.0667. The topological polar surface area (TPSA) is 92.4 Å². The summed E-state index contributed by atoms with van der Waals surface area (Å²) in [5.41, 5.74) is 6.77. The molecule has 20 heavy (non-hydrogen) atoms. The highest BCUT2D eigenvalue weighted by Crippen LogP contribution is 2.16. The number of carbonyl (C=O) groups is 2. The van der Waals surface area contributed by atoms with Crippen LogP contribution >= 0.6 is 0 Å². The molecule has 0 radical (unpaired) electrons. The van der Waals surface area contributed by atoms with Gasteiger partial charge in [0.1, 0.15) is 0 Å². The van der Waals surface area contributed by atoms with E-state index in [1.807, 2.05) is 0 Å². The maximum Gasteiger partial charge on any atom is 0.330 e. The van der Waals surface area contributed by atoms with E-state index in [1.165, 1.54) is 0 Å². The Kier molecular flexibility index (Phi) is 4.00. The molecule has 0 aromatic heterocycles. The average molecular weight is 270 g/mol. The zero-order valence-electron chi connectivity index (χ0n) is 10.6. The molecule has 1 atom stereocenters. The molecule has 2 rings (SSSR count). The minimum absolute atomic E-state index is 0.259. The average Bonchev–Trinajstić information content (AvgIpc) is 2.45. The van der Waals surface area contributed by atoms with Crippen molar-refractivity contribution in [3.63, 3.8) is 0 Å². The predicted octanol–water partition coefficient (Wildman–Crippen LogP) is 1.82. The Morgan fingerprint density at radius 2 is 1.60 bits per heavy atom. The first-order valence-corrected chi connectivity index (χ1v) is 6.02. The van der Waals surface area contributed by atoms with E-state index in [9.17, 15) is 14.7 Å². The quantitative estimate of drug-likeness (QED) is 0.739. The molecule has 0 bridgehead atoms. The van der Waals surface area contributed by atoms with Crippen LogP contribution in [0.3, 0.4) is 0 Å². The van der Waals surface area contributed by atoms with E-state index in [0.717, 1.165) is 0 Å². The third kappa shape index (κ3) is 2.95. The molecule has 1 amide bonds. The van der Waals surface area contributed by atoms with Crippen molar-refractivity contribution < 1.29 is 14.7 Å². The number of rotatable bonds is 4. The number of nitrogens with two attached hydrogens (primary N) is 1. The summed E-state index contributed by atoms with van der Waals surface area (Å²) in [6.45, 7) is 0. The number of benzene rings is 2. The maximum absolute atomic E-state index is 12.1. The van der Waals surface area contributed by atoms with Gasteiger partial charge in [0.2, 0.25) is 0 Å². The SMILES string of the molecule is Nc1ccccc1C(=O)N[C@@H](C(=O)O)c1ccccc1. The fourth-order valence-corrected chi connectivity index (χ4v) is 1.85. The third-order valence-electron chi connectivity index (χ3n) is 2.86. The summed E-state index contributed by atoms with van der Waals surface area (Å²) in [6, 6.07) is 13.9. The number of nitrogens with one attached hydrogen (secondary N) is 1. The van der Waals surface area contributed by atoms with Crippen molar-refractivity contribution in [2.45, 2.75) is 6.04 Å². The predicted molar refractivity (Wildman–Crippen MR) is 75.1 cm³/mol. The van der Waals surface area contributed by atoms with Gasteiger partial charge in [-0.15, -0.1) is 0 Å². The number of carbonyl (C=O) groups excluding carboxylic acids is 1. The van der Waals surface area contributed by atoms with Gasteiger partial charge >= 0.3 is 5.97 Å². The van der Waals surface area contributed by atoms with E-state index in [0.29, 0.717) is 11.3 Å². The lowest BCUT2D eigenvalue weighted by Crippen LogP contribution is -2.34. The molecule has 102 valence electrons. The molecule has 0 spiro atoms. The van der Waals surface area contributed by atoms with Crippen molar-refractivity contribution in [3.8, 4) is 0 Å². The normalized spacial score (nSPS) is 11.6. The van der Waals surface area contributed by atoms with E-state index in [-0.39, 0.29) is 5.56 Å². The first-order valence-electron chi connectivity index (χ1n) is 6.02. The number of aliphatic carboxylic acids is 1. The monoisotopic (exact) mass is 270 g/mol. The van der Waals surface area contributed by atoms with Gasteiger partial charge in [-0.3, -0.25) is 4.79 Å². The second-order valence-electron chi connectivity index (χ2n) is 4.24. The van der Waals surface area contributed by atoms with Crippen LogP contribution in [0, 0.1) is 0 Å². The summed E-state index contributed by atoms with van der Waals surface area (Å²) in [5, 5.41) is 11.7. The number of hydrogen-bond donors (Lipinski definition) is 3. The highest BCUT2D eigenvalue weighted by atomic mass is 16.4. The lowest BCUT2D eigenvalue weighted by molar-refractivity contribution is -0.139. The van der Waals surface area contributed by atoms with Gasteiger partial charge in [0.25, 0.3) is 5.91 Å². The fourth-order valence-electron chi connectivity index (χ4n) is 1.85. The Hall–Kier alpha value is -2.82. The van der Waals surface area contributed by atoms with Gasteiger partial charge in [0, 0.05) is 5.69 Å². The number of para-hydroxylation sites is 1. The molecular formula is C15H14N2O3. The molecule has 0 saturated heterocycles. The maximum atomic E-state index is 12.1. The van der Waals surface area contributed by atoms with Crippen LogP contribution in [0.2, 0.25) is 0 Å². The van der Waals surface area contributed by atoms with Gasteiger partial charge in [-0.1, -0.05) is 42.5 Å². The summed E-state index contributed by atoms with van der Waals surface area (Å²) >= 11 is 0. The van der Waals surface area contributed by atoms with Gasteiger partial charge in [0.15, 0.2) is 6.04 Å². The first kappa shape index (κ1) is 13.6. The largest absolute Gasteiger partial charge is 0.479 e. The summed E-state index contributed by atoms with van der Waals surface area (Å²) in [5.74, 6) is -1.64. The second-order valence-corrected chi connectivity index (χ2v) is 4.24. The smallest absolute Gasteiger partial charge is 0.330 e. The van der Waals surface area contributed by atoms with E-state index in [2.05, 4.69) is 5.32 Å². The van der Waals surface area contributed by atoms with Crippen LogP contribution in [0.15, 0.2) is 54.6 Å². The van der Waals surface area contributed by atoms with Crippen molar-refractivity contribution in [1.82, 2.24) is 5.32 Å². The first-order chi connectivity index (χ1) is 9.59. The summed E-state index contributed by atoms with van der Waals surface area (Å²) in [6.07, 6.45) is 0. The Bertz CT molecular complexity index is 626. The van der Waals surface area contributed by atoms with E-state index in [4.69, 9.17) is 5.73 Å². The molecule has 0 aliphatic rings. The lowest BCUT2D eigenvalue weighted by Gasteiger charge is -2.15. The van der Waals surface area contributed by atoms with Crippen LogP contribution in [-0.4, -0.2) is 17.0 Å². The van der Waals surface area contributed by atoms with Gasteiger partial charge in [-0.2, -0.15) is 0 Å². The molecule has 5 nitrogen and oxygen atoms in total. The minimum atomic E-state index is -1.13. The van der Waals surface area contributed by atoms with E-state index < -0.39 is 17.9 Å². The molecular weight excluding hydrogens is 256 g/mol. The van der Waals surface area contributed by atoms with Crippen molar-refractivity contribution in [2.24, 2.45) is 0 Å². The van der Waals surface area contributed by atoms with Gasteiger partial charge in [-0.05, 0) is 17.7 Å². The molecule has 0 fully saturated rings. The lowest BCUT2D eigenvalue weighted by atomic mass is 10.1. The van der Waals surface area contributed by atoms with Crippen LogP contribution in [0.4, 0.5) is 5.69 Å². The molecule has 0 heterocycles. The number of carboxylic acid groups (broad SMARTS) is 1. The third-order valence-corrected chi connectivity index (χ3v) is 2.86. The standard InChI is InChI=1S/C15H14N2O3/c16-12-9-5-4-8-11(12)14(18)17-13(15(19)20)10-6-2-1-3-7-10/h1-9,13H,16H2,(H,17,18)(H,19,20)/t13-/m1/s1. The number of carboxylic acids is 1. The van der Waals surface area contributed by atoms with Crippen LogP contribution in [-0.2, 0) is 4.79 Å². The van der Waals surface area contributed by atoms with Crippen molar-refractivity contribution in [3.05, 3.63) is 65.7 Å². The van der Waals surface area contributed by atoms with Gasteiger partial charge in [-0.25, -0.2) is 4.79 Å². The minimum Gasteiger partial charge on any atom is -0.479 e. The van der Waals surface area contributed by atoms with Gasteiger partial charge in [0.05, 0.1) is 5.56 Å². The Morgan fingerprint density at radius 1 is 1.00 bits per heavy atom. The molecule has 5 heteroatoms. The summed E-state index contributed by atoms with van der Waals surface area (Å²) in [7, 11) is 0. The number of nitrogen functional groups attached to an aromatic ring is 1. The molecule has 0 unspecified atom stereocenters. The molecule has 2 aromatic carbocycles. The zero-order valence-corrected chi connectivity index (χ0v) is 10.6. The molecule has 0 aliphatic carbocycles. The van der Waals surface area contributed by atoms with Crippen molar-refractivity contribution in [2.75, 3.05) is 5.73 Å². The van der Waals surface area contributed by atoms with Crippen LogP contribution in [0.25, 0.3) is 0 Å². The number of anilines is 1. The zero-order chi connectivity index (χ0) is 14.5.